The third-order valence-electron chi connectivity index (χ3n) is 4.36. The highest BCUT2D eigenvalue weighted by atomic mass is 16.5. The molecule has 0 aliphatic carbocycles. The van der Waals surface area contributed by atoms with Crippen molar-refractivity contribution in [2.24, 2.45) is 0 Å². The zero-order valence-electron chi connectivity index (χ0n) is 13.9. The van der Waals surface area contributed by atoms with Gasteiger partial charge in [0.05, 0.1) is 12.6 Å². The number of likely N-dealkylation sites (N-methyl/N-ethyl adjacent to an activating group) is 1. The van der Waals surface area contributed by atoms with Crippen molar-refractivity contribution in [3.63, 3.8) is 0 Å². The molecular formula is C19H23N3O2. The number of nitrogens with zero attached hydrogens (tertiary/aromatic N) is 2. The van der Waals surface area contributed by atoms with Crippen molar-refractivity contribution in [1.29, 1.82) is 0 Å². The molecule has 0 bridgehead atoms. The van der Waals surface area contributed by atoms with Gasteiger partial charge in [0.1, 0.15) is 0 Å². The second-order valence-corrected chi connectivity index (χ2v) is 6.02. The van der Waals surface area contributed by atoms with Gasteiger partial charge in [-0.25, -0.2) is 0 Å². The van der Waals surface area contributed by atoms with Crippen LogP contribution in [0.2, 0.25) is 0 Å². The van der Waals surface area contributed by atoms with E-state index in [1.807, 2.05) is 49.5 Å². The van der Waals surface area contributed by atoms with Gasteiger partial charge in [-0.3, -0.25) is 14.7 Å². The topological polar surface area (TPSA) is 54.5 Å². The molecule has 1 N–H and O–H groups in total. The SMILES string of the molecule is CN1CCO[C@@H](C(=O)NCCc2ccncc2)[C@@H]1c1ccccc1. The van der Waals surface area contributed by atoms with Gasteiger partial charge in [-0.2, -0.15) is 0 Å². The predicted molar refractivity (Wildman–Crippen MR) is 92.5 cm³/mol. The number of hydrogen-bond acceptors (Lipinski definition) is 4. The number of rotatable bonds is 5. The molecule has 24 heavy (non-hydrogen) atoms. The van der Waals surface area contributed by atoms with Gasteiger partial charge in [-0.15, -0.1) is 0 Å². The molecule has 0 radical (unpaired) electrons. The van der Waals surface area contributed by atoms with Crippen LogP contribution in [0, 0.1) is 0 Å². The summed E-state index contributed by atoms with van der Waals surface area (Å²) in [4.78, 5) is 18.8. The Morgan fingerprint density at radius 2 is 2.00 bits per heavy atom. The molecule has 1 aromatic heterocycles. The lowest BCUT2D eigenvalue weighted by molar-refractivity contribution is -0.144. The molecular weight excluding hydrogens is 302 g/mol. The third-order valence-corrected chi connectivity index (χ3v) is 4.36. The van der Waals surface area contributed by atoms with Gasteiger partial charge in [0.2, 0.25) is 0 Å². The van der Waals surface area contributed by atoms with E-state index < -0.39 is 6.10 Å². The molecule has 5 nitrogen and oxygen atoms in total. The van der Waals surface area contributed by atoms with E-state index >= 15 is 0 Å². The first-order valence-corrected chi connectivity index (χ1v) is 8.29. The van der Waals surface area contributed by atoms with Crippen LogP contribution in [0.3, 0.4) is 0 Å². The maximum absolute atomic E-state index is 12.6. The van der Waals surface area contributed by atoms with Gasteiger partial charge < -0.3 is 10.1 Å². The second-order valence-electron chi connectivity index (χ2n) is 6.02. The summed E-state index contributed by atoms with van der Waals surface area (Å²) in [6, 6.07) is 13.9. The molecule has 0 spiro atoms. The number of benzene rings is 1. The minimum atomic E-state index is -0.483. The third kappa shape index (κ3) is 3.99. The summed E-state index contributed by atoms with van der Waals surface area (Å²) in [6.07, 6.45) is 3.83. The number of hydrogen-bond donors (Lipinski definition) is 1. The number of ether oxygens (including phenoxy) is 1. The number of aromatic nitrogens is 1. The highest BCUT2D eigenvalue weighted by molar-refractivity contribution is 5.82. The largest absolute Gasteiger partial charge is 0.365 e. The van der Waals surface area contributed by atoms with Gasteiger partial charge in [0.25, 0.3) is 5.91 Å². The van der Waals surface area contributed by atoms with Crippen LogP contribution in [-0.4, -0.2) is 48.6 Å². The fraction of sp³-hybridized carbons (Fsp3) is 0.368. The molecule has 1 aromatic carbocycles. The van der Waals surface area contributed by atoms with E-state index in [4.69, 9.17) is 4.74 Å². The summed E-state index contributed by atoms with van der Waals surface area (Å²) in [5, 5.41) is 3.01. The zero-order valence-corrected chi connectivity index (χ0v) is 13.9. The molecule has 1 amide bonds. The summed E-state index contributed by atoms with van der Waals surface area (Å²) in [5.74, 6) is -0.0514. The van der Waals surface area contributed by atoms with Gasteiger partial charge in [0, 0.05) is 25.5 Å². The lowest BCUT2D eigenvalue weighted by atomic mass is 9.98. The molecule has 2 heterocycles. The molecule has 1 fully saturated rings. The first-order valence-electron chi connectivity index (χ1n) is 8.29. The number of morpholine rings is 1. The summed E-state index contributed by atoms with van der Waals surface area (Å²) in [5.41, 5.74) is 2.26. The molecule has 1 saturated heterocycles. The van der Waals surface area contributed by atoms with E-state index in [1.165, 1.54) is 0 Å². The quantitative estimate of drug-likeness (QED) is 0.911. The van der Waals surface area contributed by atoms with Crippen LogP contribution >= 0.6 is 0 Å². The summed E-state index contributed by atoms with van der Waals surface area (Å²) >= 11 is 0. The molecule has 2 atom stereocenters. The Labute approximate surface area is 142 Å². The monoisotopic (exact) mass is 325 g/mol. The molecule has 1 aliphatic rings. The lowest BCUT2D eigenvalue weighted by Gasteiger charge is -2.38. The standard InChI is InChI=1S/C19H23N3O2/c1-22-13-14-24-18(17(22)16-5-3-2-4-6-16)19(23)21-12-9-15-7-10-20-11-8-15/h2-8,10-11,17-18H,9,12-14H2,1H3,(H,21,23)/t17-,18+/m0/s1. The minimum absolute atomic E-state index is 0.0514. The van der Waals surface area contributed by atoms with E-state index in [-0.39, 0.29) is 11.9 Å². The van der Waals surface area contributed by atoms with Crippen molar-refractivity contribution in [3.8, 4) is 0 Å². The van der Waals surface area contributed by atoms with E-state index in [0.717, 1.165) is 24.1 Å². The van der Waals surface area contributed by atoms with Crippen LogP contribution in [0.25, 0.3) is 0 Å². The van der Waals surface area contributed by atoms with Crippen molar-refractivity contribution in [2.45, 2.75) is 18.6 Å². The van der Waals surface area contributed by atoms with Crippen LogP contribution in [0.15, 0.2) is 54.9 Å². The van der Waals surface area contributed by atoms with E-state index in [0.29, 0.717) is 13.2 Å². The van der Waals surface area contributed by atoms with E-state index in [1.54, 1.807) is 12.4 Å². The van der Waals surface area contributed by atoms with Crippen LogP contribution < -0.4 is 5.32 Å². The predicted octanol–water partition coefficient (Wildman–Crippen LogP) is 1.81. The molecule has 3 rings (SSSR count). The van der Waals surface area contributed by atoms with Crippen molar-refractivity contribution < 1.29 is 9.53 Å². The lowest BCUT2D eigenvalue weighted by Crippen LogP contribution is -2.50. The van der Waals surface area contributed by atoms with E-state index in [2.05, 4.69) is 15.2 Å². The minimum Gasteiger partial charge on any atom is -0.365 e. The fourth-order valence-corrected chi connectivity index (χ4v) is 3.06. The summed E-state index contributed by atoms with van der Waals surface area (Å²) in [6.45, 7) is 1.98. The average molecular weight is 325 g/mol. The van der Waals surface area contributed by atoms with Crippen molar-refractivity contribution >= 4 is 5.91 Å². The van der Waals surface area contributed by atoms with E-state index in [9.17, 15) is 4.79 Å². The number of carbonyl (C=O) groups excluding carboxylic acids is 1. The Balaban J connectivity index is 1.63. The first-order chi connectivity index (χ1) is 11.8. The Kier molecular flexibility index (Phi) is 5.56. The van der Waals surface area contributed by atoms with Crippen LogP contribution in [-0.2, 0) is 16.0 Å². The molecule has 0 unspecified atom stereocenters. The maximum atomic E-state index is 12.6. The van der Waals surface area contributed by atoms with Gasteiger partial charge in [-0.05, 0) is 36.7 Å². The van der Waals surface area contributed by atoms with Gasteiger partial charge in [-0.1, -0.05) is 30.3 Å². The second kappa shape index (κ2) is 8.04. The van der Waals surface area contributed by atoms with Crippen molar-refractivity contribution in [2.75, 3.05) is 26.7 Å². The van der Waals surface area contributed by atoms with Crippen LogP contribution in [0.4, 0.5) is 0 Å². The molecule has 2 aromatic rings. The Morgan fingerprint density at radius 3 is 2.75 bits per heavy atom. The van der Waals surface area contributed by atoms with Crippen LogP contribution in [0.1, 0.15) is 17.2 Å². The first kappa shape index (κ1) is 16.6. The molecule has 1 aliphatic heterocycles. The number of pyridine rings is 1. The molecule has 5 heteroatoms. The Morgan fingerprint density at radius 1 is 1.25 bits per heavy atom. The average Bonchev–Trinajstić information content (AvgIpc) is 2.63. The van der Waals surface area contributed by atoms with Crippen LogP contribution in [0.5, 0.6) is 0 Å². The molecule has 126 valence electrons. The molecule has 0 saturated carbocycles. The fourth-order valence-electron chi connectivity index (χ4n) is 3.06. The van der Waals surface area contributed by atoms with Gasteiger partial charge >= 0.3 is 0 Å². The van der Waals surface area contributed by atoms with Crippen molar-refractivity contribution in [3.05, 3.63) is 66.0 Å². The van der Waals surface area contributed by atoms with Gasteiger partial charge in [0.15, 0.2) is 6.10 Å². The summed E-state index contributed by atoms with van der Waals surface area (Å²) < 4.78 is 5.82. The maximum Gasteiger partial charge on any atom is 0.251 e. The van der Waals surface area contributed by atoms with Crippen molar-refractivity contribution in [1.82, 2.24) is 15.2 Å². The zero-order chi connectivity index (χ0) is 16.8. The number of carbonyl (C=O) groups is 1. The number of amides is 1. The Hall–Kier alpha value is -2.24. The highest BCUT2D eigenvalue weighted by Gasteiger charge is 2.36. The smallest absolute Gasteiger partial charge is 0.251 e. The summed E-state index contributed by atoms with van der Waals surface area (Å²) in [7, 11) is 2.04. The Bertz CT molecular complexity index is 648. The highest BCUT2D eigenvalue weighted by Crippen LogP contribution is 2.28. The normalized spacial score (nSPS) is 21.4. The number of nitrogens with one attached hydrogen (secondary N) is 1.